The molecule has 5 atom stereocenters. The van der Waals surface area contributed by atoms with Crippen LogP contribution >= 0.6 is 0 Å². The average Bonchev–Trinajstić information content (AvgIpc) is 2.77. The maximum absolute atomic E-state index is 10.8. The van der Waals surface area contributed by atoms with Crippen LogP contribution in [-0.2, 0) is 36.9 Å². The SMILES string of the molecule is CO[C@@H]1O[C@@](COCc2ccccc2)(OC)[C@H](O)[C@@H](O)[C@H]1OCc1ccccc1. The van der Waals surface area contributed by atoms with Crippen molar-refractivity contribution in [1.82, 2.24) is 0 Å². The van der Waals surface area contributed by atoms with Crippen LogP contribution in [0.25, 0.3) is 0 Å². The summed E-state index contributed by atoms with van der Waals surface area (Å²) < 4.78 is 28.2. The highest BCUT2D eigenvalue weighted by molar-refractivity contribution is 5.14. The van der Waals surface area contributed by atoms with E-state index in [1.807, 2.05) is 60.7 Å². The van der Waals surface area contributed by atoms with Crippen LogP contribution in [0, 0.1) is 0 Å². The Bertz CT molecular complexity index is 724. The van der Waals surface area contributed by atoms with E-state index in [0.29, 0.717) is 6.61 Å². The third-order valence-electron chi connectivity index (χ3n) is 4.97. The molecule has 1 heterocycles. The molecule has 2 aromatic carbocycles. The lowest BCUT2D eigenvalue weighted by molar-refractivity contribution is -0.407. The summed E-state index contributed by atoms with van der Waals surface area (Å²) in [5.41, 5.74) is 1.90. The molecule has 29 heavy (non-hydrogen) atoms. The van der Waals surface area contributed by atoms with Crippen molar-refractivity contribution in [2.45, 2.75) is 43.6 Å². The molecule has 0 amide bonds. The lowest BCUT2D eigenvalue weighted by Gasteiger charge is -2.48. The van der Waals surface area contributed by atoms with Gasteiger partial charge < -0.3 is 33.9 Å². The quantitative estimate of drug-likeness (QED) is 0.660. The minimum absolute atomic E-state index is 0.0954. The number of rotatable bonds is 9. The highest BCUT2D eigenvalue weighted by Gasteiger charge is 2.55. The van der Waals surface area contributed by atoms with E-state index in [2.05, 4.69) is 0 Å². The van der Waals surface area contributed by atoms with Gasteiger partial charge in [-0.2, -0.15) is 0 Å². The maximum Gasteiger partial charge on any atom is 0.223 e. The van der Waals surface area contributed by atoms with Crippen LogP contribution in [0.5, 0.6) is 0 Å². The molecule has 7 nitrogen and oxygen atoms in total. The standard InChI is InChI=1S/C22H28O7/c1-25-21-19(28-14-17-11-7-4-8-12-17)18(23)20(24)22(26-2,29-21)15-27-13-16-9-5-3-6-10-16/h3-12,18-21,23-24H,13-15H2,1-2H3/t18-,19+,20+,21+,22+/m0/s1. The number of aliphatic hydroxyl groups is 2. The van der Waals surface area contributed by atoms with Gasteiger partial charge in [0, 0.05) is 14.2 Å². The van der Waals surface area contributed by atoms with Crippen LogP contribution in [0.2, 0.25) is 0 Å². The first-order valence-corrected chi connectivity index (χ1v) is 9.48. The summed E-state index contributed by atoms with van der Waals surface area (Å²) in [4.78, 5) is 0. The van der Waals surface area contributed by atoms with Gasteiger partial charge in [0.2, 0.25) is 5.79 Å². The number of hydrogen-bond acceptors (Lipinski definition) is 7. The van der Waals surface area contributed by atoms with Gasteiger partial charge in [-0.25, -0.2) is 0 Å². The van der Waals surface area contributed by atoms with E-state index >= 15 is 0 Å². The summed E-state index contributed by atoms with van der Waals surface area (Å²) in [6.07, 6.45) is -4.53. The van der Waals surface area contributed by atoms with E-state index in [1.54, 1.807) is 0 Å². The average molecular weight is 404 g/mol. The summed E-state index contributed by atoms with van der Waals surface area (Å²) in [5, 5.41) is 21.5. The summed E-state index contributed by atoms with van der Waals surface area (Å²) in [7, 11) is 2.83. The van der Waals surface area contributed by atoms with Crippen molar-refractivity contribution < 1.29 is 33.9 Å². The molecule has 7 heteroatoms. The van der Waals surface area contributed by atoms with Crippen LogP contribution in [0.3, 0.4) is 0 Å². The Morgan fingerprint density at radius 1 is 0.897 bits per heavy atom. The molecule has 0 radical (unpaired) electrons. The van der Waals surface area contributed by atoms with Crippen LogP contribution in [0.15, 0.2) is 60.7 Å². The predicted molar refractivity (Wildman–Crippen MR) is 105 cm³/mol. The Morgan fingerprint density at radius 2 is 1.48 bits per heavy atom. The second-order valence-electron chi connectivity index (χ2n) is 6.91. The highest BCUT2D eigenvalue weighted by Crippen LogP contribution is 2.33. The molecule has 0 aliphatic carbocycles. The van der Waals surface area contributed by atoms with Crippen molar-refractivity contribution in [2.75, 3.05) is 20.8 Å². The fourth-order valence-corrected chi connectivity index (χ4v) is 3.29. The molecule has 1 saturated heterocycles. The van der Waals surface area contributed by atoms with Gasteiger partial charge in [-0.05, 0) is 11.1 Å². The molecule has 0 saturated carbocycles. The molecular formula is C22H28O7. The van der Waals surface area contributed by atoms with E-state index in [9.17, 15) is 10.2 Å². The Morgan fingerprint density at radius 3 is 2.03 bits per heavy atom. The van der Waals surface area contributed by atoms with Gasteiger partial charge in [0.05, 0.1) is 13.2 Å². The Balaban J connectivity index is 1.65. The van der Waals surface area contributed by atoms with Gasteiger partial charge >= 0.3 is 0 Å². The molecule has 2 aromatic rings. The van der Waals surface area contributed by atoms with Gasteiger partial charge in [0.1, 0.15) is 24.9 Å². The number of benzene rings is 2. The molecule has 2 N–H and O–H groups in total. The first-order chi connectivity index (χ1) is 14.1. The van der Waals surface area contributed by atoms with Crippen molar-refractivity contribution in [3.8, 4) is 0 Å². The number of methoxy groups -OCH3 is 2. The second-order valence-corrected chi connectivity index (χ2v) is 6.91. The Kier molecular flexibility index (Phi) is 7.74. The van der Waals surface area contributed by atoms with E-state index < -0.39 is 30.4 Å². The van der Waals surface area contributed by atoms with Gasteiger partial charge in [0.25, 0.3) is 0 Å². The third-order valence-corrected chi connectivity index (χ3v) is 4.97. The van der Waals surface area contributed by atoms with E-state index in [-0.39, 0.29) is 13.2 Å². The second kappa shape index (κ2) is 10.3. The van der Waals surface area contributed by atoms with Gasteiger partial charge in [-0.15, -0.1) is 0 Å². The topological polar surface area (TPSA) is 86.6 Å². The van der Waals surface area contributed by atoms with Crippen LogP contribution < -0.4 is 0 Å². The van der Waals surface area contributed by atoms with Crippen molar-refractivity contribution >= 4 is 0 Å². The fraction of sp³-hybridized carbons (Fsp3) is 0.455. The minimum atomic E-state index is -1.58. The van der Waals surface area contributed by atoms with Crippen LogP contribution in [0.4, 0.5) is 0 Å². The van der Waals surface area contributed by atoms with Gasteiger partial charge in [-0.1, -0.05) is 60.7 Å². The van der Waals surface area contributed by atoms with Crippen molar-refractivity contribution in [3.05, 3.63) is 71.8 Å². The summed E-state index contributed by atoms with van der Waals surface area (Å²) in [6.45, 7) is 0.453. The van der Waals surface area contributed by atoms with Crippen LogP contribution in [0.1, 0.15) is 11.1 Å². The van der Waals surface area contributed by atoms with Crippen molar-refractivity contribution in [1.29, 1.82) is 0 Å². The number of aliphatic hydroxyl groups excluding tert-OH is 2. The zero-order chi connectivity index (χ0) is 20.7. The third kappa shape index (κ3) is 5.21. The molecule has 1 aliphatic heterocycles. The van der Waals surface area contributed by atoms with Crippen molar-refractivity contribution in [3.63, 3.8) is 0 Å². The normalized spacial score (nSPS) is 29.7. The minimum Gasteiger partial charge on any atom is -0.387 e. The van der Waals surface area contributed by atoms with E-state index in [4.69, 9.17) is 23.7 Å². The Hall–Kier alpha value is -1.84. The van der Waals surface area contributed by atoms with Gasteiger partial charge in [-0.3, -0.25) is 0 Å². The summed E-state index contributed by atoms with van der Waals surface area (Å²) in [6, 6.07) is 19.1. The van der Waals surface area contributed by atoms with Crippen molar-refractivity contribution in [2.24, 2.45) is 0 Å². The van der Waals surface area contributed by atoms with Crippen LogP contribution in [-0.4, -0.2) is 61.4 Å². The first kappa shape index (κ1) is 21.9. The lowest BCUT2D eigenvalue weighted by atomic mass is 9.95. The molecule has 0 spiro atoms. The molecular weight excluding hydrogens is 376 g/mol. The Labute approximate surface area is 170 Å². The first-order valence-electron chi connectivity index (χ1n) is 9.48. The monoisotopic (exact) mass is 404 g/mol. The highest BCUT2D eigenvalue weighted by atomic mass is 16.8. The summed E-state index contributed by atoms with van der Waals surface area (Å²) in [5.74, 6) is -1.58. The largest absolute Gasteiger partial charge is 0.387 e. The molecule has 0 unspecified atom stereocenters. The lowest BCUT2D eigenvalue weighted by Crippen LogP contribution is -2.67. The predicted octanol–water partition coefficient (Wildman–Crippen LogP) is 1.86. The molecule has 0 bridgehead atoms. The molecule has 0 aromatic heterocycles. The zero-order valence-electron chi connectivity index (χ0n) is 16.6. The number of ether oxygens (including phenoxy) is 5. The van der Waals surface area contributed by atoms with E-state index in [1.165, 1.54) is 14.2 Å². The van der Waals surface area contributed by atoms with E-state index in [0.717, 1.165) is 11.1 Å². The smallest absolute Gasteiger partial charge is 0.223 e. The molecule has 1 fully saturated rings. The summed E-state index contributed by atoms with van der Waals surface area (Å²) >= 11 is 0. The molecule has 1 aliphatic rings. The maximum atomic E-state index is 10.8. The zero-order valence-corrected chi connectivity index (χ0v) is 16.6. The van der Waals surface area contributed by atoms with Gasteiger partial charge in [0.15, 0.2) is 6.29 Å². The molecule has 3 rings (SSSR count). The molecule has 158 valence electrons. The number of hydrogen-bond donors (Lipinski definition) is 2. The fourth-order valence-electron chi connectivity index (χ4n) is 3.29.